The average molecular weight is 341 g/mol. The van der Waals surface area contributed by atoms with Gasteiger partial charge < -0.3 is 19.5 Å². The van der Waals surface area contributed by atoms with Crippen LogP contribution in [-0.2, 0) is 27.3 Å². The van der Waals surface area contributed by atoms with Crippen molar-refractivity contribution in [2.45, 2.75) is 13.0 Å². The summed E-state index contributed by atoms with van der Waals surface area (Å²) in [6, 6.07) is 14.8. The summed E-state index contributed by atoms with van der Waals surface area (Å²) >= 11 is 0. The van der Waals surface area contributed by atoms with Gasteiger partial charge in [-0.15, -0.1) is 0 Å². The van der Waals surface area contributed by atoms with Crippen molar-refractivity contribution in [3.05, 3.63) is 59.7 Å². The molecule has 6 heteroatoms. The maximum absolute atomic E-state index is 11.9. The number of fused-ring (bicyclic) bond motifs is 1. The van der Waals surface area contributed by atoms with E-state index in [1.54, 1.807) is 18.2 Å². The Morgan fingerprint density at radius 2 is 1.72 bits per heavy atom. The van der Waals surface area contributed by atoms with Crippen LogP contribution in [0.3, 0.4) is 0 Å². The van der Waals surface area contributed by atoms with Gasteiger partial charge in [0, 0.05) is 6.54 Å². The van der Waals surface area contributed by atoms with Crippen LogP contribution >= 0.6 is 0 Å². The molecule has 1 amide bonds. The molecule has 0 bridgehead atoms. The molecule has 2 aromatic rings. The van der Waals surface area contributed by atoms with E-state index < -0.39 is 5.97 Å². The molecular weight excluding hydrogens is 322 g/mol. The van der Waals surface area contributed by atoms with Crippen molar-refractivity contribution in [2.75, 3.05) is 19.8 Å². The van der Waals surface area contributed by atoms with Gasteiger partial charge in [-0.1, -0.05) is 36.4 Å². The Morgan fingerprint density at radius 1 is 0.960 bits per heavy atom. The summed E-state index contributed by atoms with van der Waals surface area (Å²) in [6.07, 6.45) is 0.0720. The molecular formula is C19H19NO5. The number of rotatable bonds is 6. The first-order valence-corrected chi connectivity index (χ1v) is 8.05. The topological polar surface area (TPSA) is 73.9 Å². The molecule has 2 aromatic carbocycles. The van der Waals surface area contributed by atoms with Gasteiger partial charge in [0.15, 0.2) is 18.1 Å². The molecule has 0 spiro atoms. The standard InChI is InChI=1S/C19H19NO5/c21-18(20-12-14-4-2-1-3-5-14)13-25-19(22)11-15-6-7-16-17(10-15)24-9-8-23-16/h1-7,10H,8-9,11-13H2,(H,20,21). The van der Waals surface area contributed by atoms with E-state index in [0.717, 1.165) is 11.1 Å². The highest BCUT2D eigenvalue weighted by Crippen LogP contribution is 2.30. The van der Waals surface area contributed by atoms with Crippen molar-refractivity contribution in [2.24, 2.45) is 0 Å². The molecule has 25 heavy (non-hydrogen) atoms. The lowest BCUT2D eigenvalue weighted by molar-refractivity contribution is -0.147. The van der Waals surface area contributed by atoms with E-state index in [1.165, 1.54) is 0 Å². The Kier molecular flexibility index (Phi) is 5.51. The zero-order chi connectivity index (χ0) is 17.5. The molecule has 0 unspecified atom stereocenters. The van der Waals surface area contributed by atoms with Gasteiger partial charge in [0.2, 0.25) is 0 Å². The highest BCUT2D eigenvalue weighted by atomic mass is 16.6. The molecule has 1 aliphatic heterocycles. The van der Waals surface area contributed by atoms with Crippen LogP contribution < -0.4 is 14.8 Å². The van der Waals surface area contributed by atoms with E-state index in [9.17, 15) is 9.59 Å². The molecule has 1 aliphatic rings. The number of hydrogen-bond donors (Lipinski definition) is 1. The lowest BCUT2D eigenvalue weighted by Gasteiger charge is -2.18. The van der Waals surface area contributed by atoms with Crippen molar-refractivity contribution in [3.8, 4) is 11.5 Å². The van der Waals surface area contributed by atoms with Gasteiger partial charge in [-0.25, -0.2) is 0 Å². The Bertz CT molecular complexity index is 745. The molecule has 0 atom stereocenters. The van der Waals surface area contributed by atoms with Gasteiger partial charge in [0.25, 0.3) is 5.91 Å². The maximum atomic E-state index is 11.9. The Labute approximate surface area is 145 Å². The quantitative estimate of drug-likeness (QED) is 0.812. The first-order valence-electron chi connectivity index (χ1n) is 8.05. The molecule has 0 saturated heterocycles. The highest BCUT2D eigenvalue weighted by Gasteiger charge is 2.14. The highest BCUT2D eigenvalue weighted by molar-refractivity contribution is 5.81. The fourth-order valence-electron chi connectivity index (χ4n) is 2.41. The Balaban J connectivity index is 1.42. The number of nitrogens with one attached hydrogen (secondary N) is 1. The van der Waals surface area contributed by atoms with Crippen LogP contribution in [-0.4, -0.2) is 31.7 Å². The largest absolute Gasteiger partial charge is 0.486 e. The summed E-state index contributed by atoms with van der Waals surface area (Å²) in [6.45, 7) is 1.12. The third-order valence-corrected chi connectivity index (χ3v) is 3.65. The molecule has 0 aromatic heterocycles. The van der Waals surface area contributed by atoms with E-state index in [2.05, 4.69) is 5.32 Å². The Morgan fingerprint density at radius 3 is 2.52 bits per heavy atom. The molecule has 0 saturated carbocycles. The van der Waals surface area contributed by atoms with Gasteiger partial charge in [0.1, 0.15) is 13.2 Å². The number of esters is 1. The van der Waals surface area contributed by atoms with Gasteiger partial charge >= 0.3 is 5.97 Å². The summed E-state index contributed by atoms with van der Waals surface area (Å²) in [5, 5.41) is 2.71. The predicted octanol–water partition coefficient (Wildman–Crippen LogP) is 1.86. The van der Waals surface area contributed by atoms with Crippen molar-refractivity contribution in [1.29, 1.82) is 0 Å². The molecule has 6 nitrogen and oxygen atoms in total. The van der Waals surface area contributed by atoms with E-state index in [4.69, 9.17) is 14.2 Å². The minimum absolute atomic E-state index is 0.0720. The van der Waals surface area contributed by atoms with Crippen LogP contribution in [0.15, 0.2) is 48.5 Å². The van der Waals surface area contributed by atoms with Gasteiger partial charge in [-0.05, 0) is 23.3 Å². The second-order valence-electron chi connectivity index (χ2n) is 5.58. The van der Waals surface area contributed by atoms with Crippen molar-refractivity contribution < 1.29 is 23.8 Å². The first kappa shape index (κ1) is 16.8. The number of ether oxygens (including phenoxy) is 3. The number of amides is 1. The third kappa shape index (κ3) is 4.97. The second-order valence-corrected chi connectivity index (χ2v) is 5.58. The lowest BCUT2D eigenvalue weighted by Crippen LogP contribution is -2.28. The summed E-state index contributed by atoms with van der Waals surface area (Å²) in [5.41, 5.74) is 1.73. The van der Waals surface area contributed by atoms with Crippen LogP contribution in [0.5, 0.6) is 11.5 Å². The maximum Gasteiger partial charge on any atom is 0.310 e. The number of hydrogen-bond acceptors (Lipinski definition) is 5. The lowest BCUT2D eigenvalue weighted by atomic mass is 10.1. The smallest absolute Gasteiger partial charge is 0.310 e. The Hall–Kier alpha value is -3.02. The van der Waals surface area contributed by atoms with E-state index in [0.29, 0.717) is 31.3 Å². The number of carbonyl (C=O) groups is 2. The van der Waals surface area contributed by atoms with Crippen LogP contribution in [0.4, 0.5) is 0 Å². The minimum atomic E-state index is -0.466. The fourth-order valence-corrected chi connectivity index (χ4v) is 2.41. The third-order valence-electron chi connectivity index (χ3n) is 3.65. The predicted molar refractivity (Wildman–Crippen MR) is 90.4 cm³/mol. The van der Waals surface area contributed by atoms with Gasteiger partial charge in [-0.3, -0.25) is 9.59 Å². The van der Waals surface area contributed by atoms with E-state index in [-0.39, 0.29) is 18.9 Å². The summed E-state index contributed by atoms with van der Waals surface area (Å²) < 4.78 is 15.9. The van der Waals surface area contributed by atoms with E-state index in [1.807, 2.05) is 30.3 Å². The molecule has 0 radical (unpaired) electrons. The normalized spacial score (nSPS) is 12.3. The summed E-state index contributed by atoms with van der Waals surface area (Å²) in [4.78, 5) is 23.6. The average Bonchev–Trinajstić information content (AvgIpc) is 2.65. The number of carbonyl (C=O) groups excluding carboxylic acids is 2. The van der Waals surface area contributed by atoms with Crippen molar-refractivity contribution in [1.82, 2.24) is 5.32 Å². The van der Waals surface area contributed by atoms with Crippen LogP contribution in [0.1, 0.15) is 11.1 Å². The van der Waals surface area contributed by atoms with Crippen LogP contribution in [0.25, 0.3) is 0 Å². The molecule has 0 aliphatic carbocycles. The monoisotopic (exact) mass is 341 g/mol. The molecule has 1 heterocycles. The zero-order valence-corrected chi connectivity index (χ0v) is 13.7. The fraction of sp³-hybridized carbons (Fsp3) is 0.263. The van der Waals surface area contributed by atoms with Crippen molar-refractivity contribution in [3.63, 3.8) is 0 Å². The van der Waals surface area contributed by atoms with Gasteiger partial charge in [0.05, 0.1) is 6.42 Å². The molecule has 3 rings (SSSR count). The van der Waals surface area contributed by atoms with E-state index >= 15 is 0 Å². The second kappa shape index (κ2) is 8.19. The summed E-state index contributed by atoms with van der Waals surface area (Å²) in [5.74, 6) is 0.492. The minimum Gasteiger partial charge on any atom is -0.486 e. The SMILES string of the molecule is O=C(COC(=O)Cc1ccc2c(c1)OCCO2)NCc1ccccc1. The first-order chi connectivity index (χ1) is 12.2. The number of benzene rings is 2. The van der Waals surface area contributed by atoms with Crippen LogP contribution in [0, 0.1) is 0 Å². The summed E-state index contributed by atoms with van der Waals surface area (Å²) in [7, 11) is 0. The molecule has 1 N–H and O–H groups in total. The van der Waals surface area contributed by atoms with Gasteiger partial charge in [-0.2, -0.15) is 0 Å². The van der Waals surface area contributed by atoms with Crippen LogP contribution in [0.2, 0.25) is 0 Å². The van der Waals surface area contributed by atoms with Crippen molar-refractivity contribution >= 4 is 11.9 Å². The molecule has 0 fully saturated rings. The molecule has 130 valence electrons. The zero-order valence-electron chi connectivity index (χ0n) is 13.7.